The number of nitrogens with two attached hydrogens (primary N) is 1. The Morgan fingerprint density at radius 2 is 2.07 bits per heavy atom. The summed E-state index contributed by atoms with van der Waals surface area (Å²) in [5.41, 5.74) is 4.96. The summed E-state index contributed by atoms with van der Waals surface area (Å²) in [6.07, 6.45) is 0. The van der Waals surface area contributed by atoms with Gasteiger partial charge in [-0.25, -0.2) is 8.78 Å². The summed E-state index contributed by atoms with van der Waals surface area (Å²) < 4.78 is 26.6. The van der Waals surface area contributed by atoms with Gasteiger partial charge in [-0.3, -0.25) is 4.79 Å². The number of anilines is 1. The molecule has 1 atom stereocenters. The first-order valence-corrected chi connectivity index (χ1v) is 4.44. The Hall–Kier alpha value is -1.65. The van der Waals surface area contributed by atoms with Crippen molar-refractivity contribution in [1.29, 1.82) is 0 Å². The highest BCUT2D eigenvalue weighted by atomic mass is 19.1. The molecule has 15 heavy (non-hydrogen) atoms. The third-order valence-electron chi connectivity index (χ3n) is 2.07. The van der Waals surface area contributed by atoms with E-state index < -0.39 is 23.6 Å². The quantitative estimate of drug-likeness (QED) is 0.802. The largest absolute Gasteiger partial charge is 0.369 e. The molecular weight excluding hydrogens is 202 g/mol. The van der Waals surface area contributed by atoms with Gasteiger partial charge in [0.05, 0.1) is 0 Å². The number of halogens is 2. The maximum absolute atomic E-state index is 13.4. The third kappa shape index (κ3) is 2.43. The molecule has 1 aromatic rings. The minimum Gasteiger partial charge on any atom is -0.369 e. The van der Waals surface area contributed by atoms with Crippen LogP contribution in [0.2, 0.25) is 0 Å². The molecule has 1 rings (SSSR count). The van der Waals surface area contributed by atoms with Gasteiger partial charge in [-0.1, -0.05) is 6.07 Å². The molecule has 0 spiro atoms. The van der Waals surface area contributed by atoms with E-state index in [2.05, 4.69) is 5.32 Å². The van der Waals surface area contributed by atoms with Gasteiger partial charge in [-0.2, -0.15) is 0 Å². The van der Waals surface area contributed by atoms with E-state index in [9.17, 15) is 13.6 Å². The third-order valence-corrected chi connectivity index (χ3v) is 2.07. The fourth-order valence-electron chi connectivity index (χ4n) is 1.08. The predicted molar refractivity (Wildman–Crippen MR) is 53.4 cm³/mol. The van der Waals surface area contributed by atoms with Crippen molar-refractivity contribution in [3.63, 3.8) is 0 Å². The molecule has 0 fully saturated rings. The van der Waals surface area contributed by atoms with Crippen LogP contribution < -0.4 is 11.1 Å². The number of hydrogen-bond donors (Lipinski definition) is 2. The molecule has 0 aromatic heterocycles. The zero-order valence-corrected chi connectivity index (χ0v) is 8.47. The lowest BCUT2D eigenvalue weighted by molar-refractivity contribution is -0.118. The smallest absolute Gasteiger partial charge is 0.239 e. The highest BCUT2D eigenvalue weighted by Gasteiger charge is 2.16. The van der Waals surface area contributed by atoms with E-state index in [1.807, 2.05) is 0 Å². The highest BCUT2D eigenvalue weighted by Crippen LogP contribution is 2.22. The van der Waals surface area contributed by atoms with Gasteiger partial charge < -0.3 is 11.1 Å². The summed E-state index contributed by atoms with van der Waals surface area (Å²) in [5.74, 6) is -2.12. The number of hydrogen-bond acceptors (Lipinski definition) is 2. The van der Waals surface area contributed by atoms with Gasteiger partial charge in [-0.15, -0.1) is 0 Å². The summed E-state index contributed by atoms with van der Waals surface area (Å²) in [6.45, 7) is 2.94. The van der Waals surface area contributed by atoms with E-state index in [1.165, 1.54) is 19.9 Å². The first-order valence-electron chi connectivity index (χ1n) is 4.44. The molecule has 82 valence electrons. The van der Waals surface area contributed by atoms with Crippen LogP contribution in [0.15, 0.2) is 12.1 Å². The fraction of sp³-hybridized carbons (Fsp3) is 0.300. The normalized spacial score (nSPS) is 12.3. The average molecular weight is 214 g/mol. The molecular formula is C10H12F2N2O. The maximum atomic E-state index is 13.4. The van der Waals surface area contributed by atoms with Crippen molar-refractivity contribution in [2.75, 3.05) is 5.32 Å². The first kappa shape index (κ1) is 11.4. The van der Waals surface area contributed by atoms with Crippen LogP contribution >= 0.6 is 0 Å². The molecule has 0 heterocycles. The standard InChI is InChI=1S/C10H12F2N2O/c1-5-3-4-7(11)9(8(5)12)14-6(2)10(13)15/h3-4,6,14H,1-2H3,(H2,13,15). The van der Waals surface area contributed by atoms with Crippen molar-refractivity contribution >= 4 is 11.6 Å². The Bertz CT molecular complexity index is 393. The molecule has 5 heteroatoms. The van der Waals surface area contributed by atoms with Gasteiger partial charge in [0.2, 0.25) is 5.91 Å². The lowest BCUT2D eigenvalue weighted by Gasteiger charge is -2.14. The van der Waals surface area contributed by atoms with Crippen LogP contribution in [0.25, 0.3) is 0 Å². The number of primary amides is 1. The van der Waals surface area contributed by atoms with Gasteiger partial charge in [0.15, 0.2) is 5.82 Å². The number of carbonyl (C=O) groups is 1. The molecule has 0 radical (unpaired) electrons. The summed E-state index contributed by atoms with van der Waals surface area (Å²) in [6, 6.07) is 1.63. The topological polar surface area (TPSA) is 55.1 Å². The van der Waals surface area contributed by atoms with E-state index in [-0.39, 0.29) is 5.69 Å². The zero-order chi connectivity index (χ0) is 11.6. The number of benzene rings is 1. The number of aryl methyl sites for hydroxylation is 1. The summed E-state index contributed by atoms with van der Waals surface area (Å²) in [7, 11) is 0. The minimum atomic E-state index is -0.823. The van der Waals surface area contributed by atoms with E-state index in [0.717, 1.165) is 6.07 Å². The monoisotopic (exact) mass is 214 g/mol. The van der Waals surface area contributed by atoms with Crippen molar-refractivity contribution in [1.82, 2.24) is 0 Å². The molecule has 3 nitrogen and oxygen atoms in total. The van der Waals surface area contributed by atoms with E-state index >= 15 is 0 Å². The van der Waals surface area contributed by atoms with Crippen LogP contribution in [-0.2, 0) is 4.79 Å². The van der Waals surface area contributed by atoms with Gasteiger partial charge >= 0.3 is 0 Å². The Labute approximate surface area is 86.3 Å². The van der Waals surface area contributed by atoms with Crippen LogP contribution in [0.3, 0.4) is 0 Å². The lowest BCUT2D eigenvalue weighted by atomic mass is 10.2. The molecule has 1 unspecified atom stereocenters. The second-order valence-electron chi connectivity index (χ2n) is 3.32. The van der Waals surface area contributed by atoms with Crippen molar-refractivity contribution in [3.05, 3.63) is 29.3 Å². The number of rotatable bonds is 3. The van der Waals surface area contributed by atoms with Crippen molar-refractivity contribution in [2.45, 2.75) is 19.9 Å². The summed E-state index contributed by atoms with van der Waals surface area (Å²) in [4.78, 5) is 10.7. The Morgan fingerprint density at radius 3 is 2.60 bits per heavy atom. The number of amides is 1. The van der Waals surface area contributed by atoms with Crippen LogP contribution in [0.1, 0.15) is 12.5 Å². The predicted octanol–water partition coefficient (Wildman–Crippen LogP) is 1.56. The maximum Gasteiger partial charge on any atom is 0.239 e. The Morgan fingerprint density at radius 1 is 1.47 bits per heavy atom. The molecule has 3 N–H and O–H groups in total. The second-order valence-corrected chi connectivity index (χ2v) is 3.32. The molecule has 1 aromatic carbocycles. The minimum absolute atomic E-state index is 0.301. The molecule has 1 amide bonds. The van der Waals surface area contributed by atoms with E-state index in [0.29, 0.717) is 5.56 Å². The van der Waals surface area contributed by atoms with Gasteiger partial charge in [0.25, 0.3) is 0 Å². The summed E-state index contributed by atoms with van der Waals surface area (Å²) >= 11 is 0. The van der Waals surface area contributed by atoms with Crippen LogP contribution in [-0.4, -0.2) is 11.9 Å². The van der Waals surface area contributed by atoms with Crippen molar-refractivity contribution < 1.29 is 13.6 Å². The SMILES string of the molecule is Cc1ccc(F)c(NC(C)C(N)=O)c1F. The average Bonchev–Trinajstić information content (AvgIpc) is 2.18. The van der Waals surface area contributed by atoms with Gasteiger partial charge in [0, 0.05) is 0 Å². The van der Waals surface area contributed by atoms with Crippen LogP contribution in [0.4, 0.5) is 14.5 Å². The molecule has 0 aliphatic rings. The Balaban J connectivity index is 3.03. The van der Waals surface area contributed by atoms with Gasteiger partial charge in [-0.05, 0) is 25.5 Å². The van der Waals surface area contributed by atoms with Crippen molar-refractivity contribution in [2.24, 2.45) is 5.73 Å². The number of carbonyl (C=O) groups excluding carboxylic acids is 1. The second kappa shape index (κ2) is 4.25. The molecule has 0 aliphatic carbocycles. The molecule has 0 bridgehead atoms. The van der Waals surface area contributed by atoms with Crippen LogP contribution in [0, 0.1) is 18.6 Å². The lowest BCUT2D eigenvalue weighted by Crippen LogP contribution is -2.33. The highest BCUT2D eigenvalue weighted by molar-refractivity contribution is 5.82. The molecule has 0 saturated heterocycles. The van der Waals surface area contributed by atoms with Gasteiger partial charge in [0.1, 0.15) is 17.5 Å². The van der Waals surface area contributed by atoms with E-state index in [1.54, 1.807) is 0 Å². The Kier molecular flexibility index (Phi) is 3.24. The van der Waals surface area contributed by atoms with Crippen molar-refractivity contribution in [3.8, 4) is 0 Å². The number of nitrogens with one attached hydrogen (secondary N) is 1. The molecule has 0 aliphatic heterocycles. The zero-order valence-electron chi connectivity index (χ0n) is 8.47. The van der Waals surface area contributed by atoms with Crippen LogP contribution in [0.5, 0.6) is 0 Å². The fourth-order valence-corrected chi connectivity index (χ4v) is 1.08. The first-order chi connectivity index (χ1) is 6.93. The molecule has 0 saturated carbocycles. The van der Waals surface area contributed by atoms with E-state index in [4.69, 9.17) is 5.73 Å². The summed E-state index contributed by atoms with van der Waals surface area (Å²) in [5, 5.41) is 2.39.